The average molecular weight is 271 g/mol. The predicted octanol–water partition coefficient (Wildman–Crippen LogP) is 2.25. The van der Waals surface area contributed by atoms with Crippen molar-refractivity contribution < 1.29 is 0 Å². The zero-order chi connectivity index (χ0) is 13.9. The third-order valence-corrected chi connectivity index (χ3v) is 3.75. The lowest BCUT2D eigenvalue weighted by atomic mass is 10.0. The minimum Gasteiger partial charge on any atom is -0.323 e. The highest BCUT2D eigenvalue weighted by Gasteiger charge is 2.11. The lowest BCUT2D eigenvalue weighted by Crippen LogP contribution is -2.23. The summed E-state index contributed by atoms with van der Waals surface area (Å²) in [6.07, 6.45) is 4.03. The van der Waals surface area contributed by atoms with Crippen LogP contribution < -0.4 is 10.6 Å². The molecule has 2 aromatic heterocycles. The third kappa shape index (κ3) is 2.54. The van der Waals surface area contributed by atoms with E-state index in [4.69, 9.17) is 0 Å². The van der Waals surface area contributed by atoms with Gasteiger partial charge in [0.25, 0.3) is 0 Å². The minimum atomic E-state index is 0.871. The molecule has 5 heteroatoms. The van der Waals surface area contributed by atoms with E-state index in [1.54, 1.807) is 0 Å². The Morgan fingerprint density at radius 1 is 1.25 bits per heavy atom. The Bertz CT molecular complexity index is 581. The van der Waals surface area contributed by atoms with Gasteiger partial charge < -0.3 is 10.6 Å². The molecule has 0 amide bonds. The minimum absolute atomic E-state index is 0.871. The van der Waals surface area contributed by atoms with Gasteiger partial charge >= 0.3 is 0 Å². The molecule has 1 aliphatic heterocycles. The zero-order valence-electron chi connectivity index (χ0n) is 12.1. The van der Waals surface area contributed by atoms with Crippen LogP contribution in [0.4, 0.5) is 11.6 Å². The SMILES string of the molecule is CCc1cc(Nc2cc3c(cn2)CCNC3)nn1CC. The molecule has 0 radical (unpaired) electrons. The van der Waals surface area contributed by atoms with Crippen molar-refractivity contribution in [2.45, 2.75) is 39.8 Å². The van der Waals surface area contributed by atoms with E-state index in [0.29, 0.717) is 0 Å². The number of nitrogens with one attached hydrogen (secondary N) is 2. The van der Waals surface area contributed by atoms with E-state index < -0.39 is 0 Å². The second-order valence-electron chi connectivity index (χ2n) is 5.08. The second kappa shape index (κ2) is 5.63. The maximum atomic E-state index is 4.56. The summed E-state index contributed by atoms with van der Waals surface area (Å²) in [6, 6.07) is 4.22. The molecule has 0 saturated carbocycles. The molecule has 5 nitrogen and oxygen atoms in total. The lowest BCUT2D eigenvalue weighted by molar-refractivity contribution is 0.628. The van der Waals surface area contributed by atoms with Gasteiger partial charge in [-0.1, -0.05) is 6.92 Å². The number of aryl methyl sites for hydroxylation is 2. The van der Waals surface area contributed by atoms with E-state index in [9.17, 15) is 0 Å². The van der Waals surface area contributed by atoms with Gasteiger partial charge in [-0.05, 0) is 43.5 Å². The molecule has 2 N–H and O–H groups in total. The van der Waals surface area contributed by atoms with E-state index >= 15 is 0 Å². The van der Waals surface area contributed by atoms with Gasteiger partial charge in [0, 0.05) is 31.0 Å². The first-order valence-electron chi connectivity index (χ1n) is 7.32. The van der Waals surface area contributed by atoms with Gasteiger partial charge in [-0.25, -0.2) is 4.98 Å². The highest BCUT2D eigenvalue weighted by molar-refractivity contribution is 5.54. The Kier molecular flexibility index (Phi) is 3.69. The van der Waals surface area contributed by atoms with Gasteiger partial charge in [0.15, 0.2) is 5.82 Å². The van der Waals surface area contributed by atoms with Gasteiger partial charge in [-0.2, -0.15) is 5.10 Å². The Morgan fingerprint density at radius 2 is 2.15 bits per heavy atom. The Balaban J connectivity index is 1.82. The number of nitrogens with zero attached hydrogens (tertiary/aromatic N) is 3. The van der Waals surface area contributed by atoms with Crippen LogP contribution in [0.2, 0.25) is 0 Å². The Labute approximate surface area is 119 Å². The van der Waals surface area contributed by atoms with Crippen LogP contribution in [-0.2, 0) is 25.9 Å². The van der Waals surface area contributed by atoms with Gasteiger partial charge in [0.2, 0.25) is 0 Å². The normalized spacial score (nSPS) is 14.1. The number of fused-ring (bicyclic) bond motifs is 1. The summed E-state index contributed by atoms with van der Waals surface area (Å²) in [4.78, 5) is 4.49. The quantitative estimate of drug-likeness (QED) is 0.895. The van der Waals surface area contributed by atoms with E-state index in [0.717, 1.165) is 44.1 Å². The van der Waals surface area contributed by atoms with Crippen LogP contribution in [0.5, 0.6) is 0 Å². The summed E-state index contributed by atoms with van der Waals surface area (Å²) in [7, 11) is 0. The van der Waals surface area contributed by atoms with Gasteiger partial charge in [0.1, 0.15) is 5.82 Å². The van der Waals surface area contributed by atoms with Crippen LogP contribution in [0, 0.1) is 0 Å². The fraction of sp³-hybridized carbons (Fsp3) is 0.467. The van der Waals surface area contributed by atoms with Crippen LogP contribution in [0.15, 0.2) is 18.3 Å². The van der Waals surface area contributed by atoms with E-state index in [1.807, 2.05) is 10.9 Å². The molecule has 0 saturated heterocycles. The number of hydrogen-bond acceptors (Lipinski definition) is 4. The maximum Gasteiger partial charge on any atom is 0.153 e. The molecule has 0 spiro atoms. The summed E-state index contributed by atoms with van der Waals surface area (Å²) < 4.78 is 2.03. The van der Waals surface area contributed by atoms with Crippen molar-refractivity contribution in [1.82, 2.24) is 20.1 Å². The number of aromatic nitrogens is 3. The van der Waals surface area contributed by atoms with Crippen LogP contribution in [-0.4, -0.2) is 21.3 Å². The molecule has 0 unspecified atom stereocenters. The second-order valence-corrected chi connectivity index (χ2v) is 5.08. The highest BCUT2D eigenvalue weighted by atomic mass is 15.3. The first-order valence-corrected chi connectivity index (χ1v) is 7.32. The van der Waals surface area contributed by atoms with Gasteiger partial charge in [-0.3, -0.25) is 4.68 Å². The fourth-order valence-corrected chi connectivity index (χ4v) is 2.64. The molecule has 3 rings (SSSR count). The molecule has 20 heavy (non-hydrogen) atoms. The molecule has 2 aromatic rings. The van der Waals surface area contributed by atoms with Crippen LogP contribution in [0.1, 0.15) is 30.7 Å². The van der Waals surface area contributed by atoms with Crippen molar-refractivity contribution in [3.05, 3.63) is 35.2 Å². The van der Waals surface area contributed by atoms with E-state index in [1.165, 1.54) is 16.8 Å². The number of pyridine rings is 1. The summed E-state index contributed by atoms with van der Waals surface area (Å²) in [5, 5.41) is 11.3. The predicted molar refractivity (Wildman–Crippen MR) is 80.2 cm³/mol. The van der Waals surface area contributed by atoms with Crippen molar-refractivity contribution in [3.8, 4) is 0 Å². The Hall–Kier alpha value is -1.88. The van der Waals surface area contributed by atoms with E-state index in [-0.39, 0.29) is 0 Å². The largest absolute Gasteiger partial charge is 0.323 e. The summed E-state index contributed by atoms with van der Waals surface area (Å²) in [5.74, 6) is 1.75. The third-order valence-electron chi connectivity index (χ3n) is 3.75. The molecule has 0 bridgehead atoms. The summed E-state index contributed by atoms with van der Waals surface area (Å²) in [6.45, 7) is 7.12. The summed E-state index contributed by atoms with van der Waals surface area (Å²) >= 11 is 0. The topological polar surface area (TPSA) is 54.8 Å². The van der Waals surface area contributed by atoms with Crippen LogP contribution in [0.25, 0.3) is 0 Å². The Morgan fingerprint density at radius 3 is 2.90 bits per heavy atom. The molecule has 106 valence electrons. The molecule has 0 aromatic carbocycles. The van der Waals surface area contributed by atoms with Crippen molar-refractivity contribution >= 4 is 11.6 Å². The molecule has 0 fully saturated rings. The first kappa shape index (κ1) is 13.1. The van der Waals surface area contributed by atoms with Crippen molar-refractivity contribution in [2.75, 3.05) is 11.9 Å². The summed E-state index contributed by atoms with van der Waals surface area (Å²) in [5.41, 5.74) is 3.93. The fourth-order valence-electron chi connectivity index (χ4n) is 2.64. The van der Waals surface area contributed by atoms with Crippen LogP contribution in [0.3, 0.4) is 0 Å². The molecular weight excluding hydrogens is 250 g/mol. The lowest BCUT2D eigenvalue weighted by Gasteiger charge is -2.17. The molecule has 3 heterocycles. The van der Waals surface area contributed by atoms with Crippen molar-refractivity contribution in [1.29, 1.82) is 0 Å². The van der Waals surface area contributed by atoms with Crippen LogP contribution >= 0.6 is 0 Å². The maximum absolute atomic E-state index is 4.56. The first-order chi connectivity index (χ1) is 9.80. The number of rotatable bonds is 4. The standard InChI is InChI=1S/C15H21N5/c1-3-13-8-15(19-20(13)4-2)18-14-7-12-9-16-6-5-11(12)10-17-14/h7-8,10,16H,3-6,9H2,1-2H3,(H,17,18,19). The van der Waals surface area contributed by atoms with Gasteiger partial charge in [-0.15, -0.1) is 0 Å². The number of anilines is 2. The highest BCUT2D eigenvalue weighted by Crippen LogP contribution is 2.20. The number of hydrogen-bond donors (Lipinski definition) is 2. The van der Waals surface area contributed by atoms with Crippen molar-refractivity contribution in [2.24, 2.45) is 0 Å². The zero-order valence-corrected chi connectivity index (χ0v) is 12.1. The molecular formula is C15H21N5. The van der Waals surface area contributed by atoms with Gasteiger partial charge in [0.05, 0.1) is 0 Å². The van der Waals surface area contributed by atoms with Crippen molar-refractivity contribution in [3.63, 3.8) is 0 Å². The molecule has 0 aliphatic carbocycles. The monoisotopic (exact) mass is 271 g/mol. The average Bonchev–Trinajstić information content (AvgIpc) is 2.89. The van der Waals surface area contributed by atoms with E-state index in [2.05, 4.69) is 46.7 Å². The molecule has 1 aliphatic rings. The molecule has 0 atom stereocenters. The smallest absolute Gasteiger partial charge is 0.153 e.